The second kappa shape index (κ2) is 9.54. The Morgan fingerprint density at radius 2 is 1.66 bits per heavy atom. The molecule has 2 N–H and O–H groups in total. The summed E-state index contributed by atoms with van der Waals surface area (Å²) < 4.78 is 10.7. The lowest BCUT2D eigenvalue weighted by Gasteiger charge is -2.26. The maximum Gasteiger partial charge on any atom is 0.300 e. The average Bonchev–Trinajstić information content (AvgIpc) is 3.13. The number of ether oxygens (including phenoxy) is 2. The van der Waals surface area contributed by atoms with Crippen LogP contribution in [0.4, 0.5) is 5.69 Å². The SMILES string of the molecule is COc1cccc(N2C(=O)C(=O)/C(=C(\O)c3ccc(OC)c(C(C)C)c3)C2c2ccc(O)cc2)c1. The lowest BCUT2D eigenvalue weighted by atomic mass is 9.93. The van der Waals surface area contributed by atoms with Crippen molar-refractivity contribution in [3.63, 3.8) is 0 Å². The van der Waals surface area contributed by atoms with Gasteiger partial charge in [0.2, 0.25) is 0 Å². The molecule has 35 heavy (non-hydrogen) atoms. The Bertz CT molecular complexity index is 1310. The number of methoxy groups -OCH3 is 2. The van der Waals surface area contributed by atoms with Crippen LogP contribution in [0.5, 0.6) is 17.2 Å². The third kappa shape index (κ3) is 4.33. The number of phenolic OH excluding ortho intramolecular Hbond substituents is 1. The predicted molar refractivity (Wildman–Crippen MR) is 133 cm³/mol. The molecule has 4 rings (SSSR count). The van der Waals surface area contributed by atoms with Gasteiger partial charge in [-0.15, -0.1) is 0 Å². The normalized spacial score (nSPS) is 17.2. The number of anilines is 1. The van der Waals surface area contributed by atoms with Gasteiger partial charge in [-0.25, -0.2) is 0 Å². The van der Waals surface area contributed by atoms with Crippen LogP contribution in [-0.2, 0) is 9.59 Å². The summed E-state index contributed by atoms with van der Waals surface area (Å²) in [5.41, 5.74) is 2.23. The van der Waals surface area contributed by atoms with Gasteiger partial charge in [0, 0.05) is 17.3 Å². The fraction of sp³-hybridized carbons (Fsp3) is 0.214. The smallest absolute Gasteiger partial charge is 0.300 e. The second-order valence-electron chi connectivity index (χ2n) is 8.57. The van der Waals surface area contributed by atoms with E-state index in [1.54, 1.807) is 61.7 Å². The molecule has 1 amide bonds. The molecule has 0 aliphatic carbocycles. The minimum absolute atomic E-state index is 0.0385. The van der Waals surface area contributed by atoms with Crippen molar-refractivity contribution >= 4 is 23.1 Å². The Kier molecular flexibility index (Phi) is 6.51. The zero-order valence-electron chi connectivity index (χ0n) is 20.0. The van der Waals surface area contributed by atoms with E-state index in [2.05, 4.69) is 0 Å². The van der Waals surface area contributed by atoms with Gasteiger partial charge in [-0.3, -0.25) is 14.5 Å². The zero-order valence-corrected chi connectivity index (χ0v) is 20.0. The summed E-state index contributed by atoms with van der Waals surface area (Å²) in [6, 6.07) is 17.3. The second-order valence-corrected chi connectivity index (χ2v) is 8.57. The van der Waals surface area contributed by atoms with E-state index in [0.29, 0.717) is 28.3 Å². The van der Waals surface area contributed by atoms with Crippen LogP contribution in [0.25, 0.3) is 5.76 Å². The van der Waals surface area contributed by atoms with E-state index in [1.807, 2.05) is 13.8 Å². The number of aliphatic hydroxyl groups is 1. The summed E-state index contributed by atoms with van der Waals surface area (Å²) in [5, 5.41) is 21.2. The van der Waals surface area contributed by atoms with Crippen molar-refractivity contribution in [3.05, 3.63) is 89.0 Å². The molecule has 7 heteroatoms. The highest BCUT2D eigenvalue weighted by Crippen LogP contribution is 2.43. The topological polar surface area (TPSA) is 96.3 Å². The number of aromatic hydroxyl groups is 1. The fourth-order valence-corrected chi connectivity index (χ4v) is 4.32. The lowest BCUT2D eigenvalue weighted by Crippen LogP contribution is -2.29. The maximum atomic E-state index is 13.3. The third-order valence-corrected chi connectivity index (χ3v) is 6.11. The van der Waals surface area contributed by atoms with Gasteiger partial charge < -0.3 is 19.7 Å². The predicted octanol–water partition coefficient (Wildman–Crippen LogP) is 5.16. The van der Waals surface area contributed by atoms with E-state index in [4.69, 9.17) is 9.47 Å². The highest BCUT2D eigenvalue weighted by Gasteiger charge is 2.47. The summed E-state index contributed by atoms with van der Waals surface area (Å²) in [6.45, 7) is 4.00. The van der Waals surface area contributed by atoms with Crippen molar-refractivity contribution in [2.45, 2.75) is 25.8 Å². The molecule has 3 aromatic carbocycles. The fourth-order valence-electron chi connectivity index (χ4n) is 4.32. The number of carbonyl (C=O) groups excluding carboxylic acids is 2. The number of amides is 1. The first-order chi connectivity index (χ1) is 16.8. The quantitative estimate of drug-likeness (QED) is 0.292. The van der Waals surface area contributed by atoms with E-state index in [0.717, 1.165) is 5.56 Å². The van der Waals surface area contributed by atoms with Crippen molar-refractivity contribution in [2.75, 3.05) is 19.1 Å². The Labute approximate surface area is 203 Å². The van der Waals surface area contributed by atoms with Crippen LogP contribution in [0.1, 0.15) is 42.5 Å². The van der Waals surface area contributed by atoms with Crippen LogP contribution in [0, 0.1) is 0 Å². The standard InChI is InChI=1S/C28H27NO6/c1-16(2)22-14-18(10-13-23(22)35-4)26(31)24-25(17-8-11-20(30)12-9-17)29(28(33)27(24)32)19-6-5-7-21(15-19)34-3/h5-16,25,30-31H,1-4H3/b26-24-. The number of hydrogen-bond donors (Lipinski definition) is 2. The van der Waals surface area contributed by atoms with Crippen LogP contribution in [-0.4, -0.2) is 36.1 Å². The zero-order chi connectivity index (χ0) is 25.3. The van der Waals surface area contributed by atoms with Gasteiger partial charge in [-0.2, -0.15) is 0 Å². The van der Waals surface area contributed by atoms with Crippen molar-refractivity contribution < 1.29 is 29.3 Å². The Hall–Kier alpha value is -4.26. The highest BCUT2D eigenvalue weighted by molar-refractivity contribution is 6.51. The van der Waals surface area contributed by atoms with E-state index in [9.17, 15) is 19.8 Å². The Balaban J connectivity index is 1.94. The van der Waals surface area contributed by atoms with Crippen molar-refractivity contribution in [3.8, 4) is 17.2 Å². The average molecular weight is 474 g/mol. The van der Waals surface area contributed by atoms with E-state index < -0.39 is 17.7 Å². The molecular formula is C28H27NO6. The molecule has 0 saturated carbocycles. The molecule has 3 aromatic rings. The van der Waals surface area contributed by atoms with E-state index in [-0.39, 0.29) is 23.0 Å². The van der Waals surface area contributed by atoms with Crippen LogP contribution < -0.4 is 14.4 Å². The van der Waals surface area contributed by atoms with Crippen molar-refractivity contribution in [2.24, 2.45) is 0 Å². The molecule has 1 atom stereocenters. The first-order valence-electron chi connectivity index (χ1n) is 11.2. The third-order valence-electron chi connectivity index (χ3n) is 6.11. The van der Waals surface area contributed by atoms with Crippen LogP contribution in [0.15, 0.2) is 72.3 Å². The number of aliphatic hydroxyl groups excluding tert-OH is 1. The largest absolute Gasteiger partial charge is 0.508 e. The maximum absolute atomic E-state index is 13.3. The van der Waals surface area contributed by atoms with Gasteiger partial charge in [0.25, 0.3) is 11.7 Å². The lowest BCUT2D eigenvalue weighted by molar-refractivity contribution is -0.132. The first kappa shape index (κ1) is 23.9. The Morgan fingerprint density at radius 3 is 2.29 bits per heavy atom. The molecule has 0 aromatic heterocycles. The Morgan fingerprint density at radius 1 is 0.943 bits per heavy atom. The number of Topliss-reactive ketones (excluding diaryl/α,β-unsaturated/α-hetero) is 1. The van der Waals surface area contributed by atoms with Crippen LogP contribution >= 0.6 is 0 Å². The van der Waals surface area contributed by atoms with E-state index >= 15 is 0 Å². The minimum atomic E-state index is -0.910. The monoisotopic (exact) mass is 473 g/mol. The number of phenols is 1. The number of benzene rings is 3. The molecule has 1 unspecified atom stereocenters. The highest BCUT2D eigenvalue weighted by atomic mass is 16.5. The summed E-state index contributed by atoms with van der Waals surface area (Å²) >= 11 is 0. The molecule has 0 bridgehead atoms. The van der Waals surface area contributed by atoms with E-state index in [1.165, 1.54) is 24.1 Å². The summed E-state index contributed by atoms with van der Waals surface area (Å²) in [6.07, 6.45) is 0. The molecule has 0 spiro atoms. The first-order valence-corrected chi connectivity index (χ1v) is 11.2. The van der Waals surface area contributed by atoms with Crippen LogP contribution in [0.3, 0.4) is 0 Å². The summed E-state index contributed by atoms with van der Waals surface area (Å²) in [7, 11) is 3.09. The van der Waals surface area contributed by atoms with Crippen molar-refractivity contribution in [1.82, 2.24) is 0 Å². The minimum Gasteiger partial charge on any atom is -0.508 e. The van der Waals surface area contributed by atoms with Crippen molar-refractivity contribution in [1.29, 1.82) is 0 Å². The number of carbonyl (C=O) groups is 2. The van der Waals surface area contributed by atoms with Gasteiger partial charge in [0.1, 0.15) is 23.0 Å². The molecule has 180 valence electrons. The molecule has 0 radical (unpaired) electrons. The molecule has 1 aliphatic rings. The molecule has 1 aliphatic heterocycles. The molecule has 1 saturated heterocycles. The van der Waals surface area contributed by atoms with Gasteiger partial charge in [0.05, 0.1) is 25.8 Å². The summed E-state index contributed by atoms with van der Waals surface area (Å²) in [5.74, 6) is -0.514. The van der Waals surface area contributed by atoms with Gasteiger partial charge in [0.15, 0.2) is 0 Å². The van der Waals surface area contributed by atoms with Gasteiger partial charge >= 0.3 is 0 Å². The number of rotatable bonds is 6. The molecule has 1 fully saturated rings. The van der Waals surface area contributed by atoms with Gasteiger partial charge in [-0.1, -0.05) is 32.0 Å². The summed E-state index contributed by atoms with van der Waals surface area (Å²) in [4.78, 5) is 28.0. The molecule has 1 heterocycles. The number of ketones is 1. The number of hydrogen-bond acceptors (Lipinski definition) is 6. The van der Waals surface area contributed by atoms with Gasteiger partial charge in [-0.05, 0) is 59.5 Å². The molecular weight excluding hydrogens is 446 g/mol. The molecule has 7 nitrogen and oxygen atoms in total. The number of nitrogens with zero attached hydrogens (tertiary/aromatic N) is 1. The van der Waals surface area contributed by atoms with Crippen LogP contribution in [0.2, 0.25) is 0 Å².